The Labute approximate surface area is 106 Å². The molecule has 5 heteroatoms. The molecule has 0 saturated heterocycles. The summed E-state index contributed by atoms with van der Waals surface area (Å²) in [5, 5.41) is 14.9. The van der Waals surface area contributed by atoms with Crippen molar-refractivity contribution in [3.63, 3.8) is 0 Å². The highest BCUT2D eigenvalue weighted by molar-refractivity contribution is 5.77. The zero-order chi connectivity index (χ0) is 13.5. The number of benzene rings is 1. The van der Waals surface area contributed by atoms with Crippen LogP contribution in [0.15, 0.2) is 18.2 Å². The highest BCUT2D eigenvalue weighted by Gasteiger charge is 2.05. The predicted molar refractivity (Wildman–Crippen MR) is 67.6 cm³/mol. The standard InChI is InChI=1S/C13H19FN2O2/c1-9(2)13(18)16-6-5-15-8-10-3-4-12(17)11(14)7-10/h3-4,7,9,15,17H,5-6,8H2,1-2H3,(H,16,18). The minimum Gasteiger partial charge on any atom is -0.505 e. The molecule has 1 rings (SSSR count). The van der Waals surface area contributed by atoms with Crippen LogP contribution in [0.2, 0.25) is 0 Å². The van der Waals surface area contributed by atoms with E-state index in [4.69, 9.17) is 5.11 Å². The smallest absolute Gasteiger partial charge is 0.222 e. The molecule has 18 heavy (non-hydrogen) atoms. The van der Waals surface area contributed by atoms with E-state index in [2.05, 4.69) is 10.6 Å². The van der Waals surface area contributed by atoms with Gasteiger partial charge >= 0.3 is 0 Å². The number of carbonyl (C=O) groups is 1. The quantitative estimate of drug-likeness (QED) is 0.672. The van der Waals surface area contributed by atoms with Crippen LogP contribution in [0.3, 0.4) is 0 Å². The molecular formula is C13H19FN2O2. The van der Waals surface area contributed by atoms with Crippen LogP contribution >= 0.6 is 0 Å². The van der Waals surface area contributed by atoms with Crippen molar-refractivity contribution in [2.75, 3.05) is 13.1 Å². The maximum Gasteiger partial charge on any atom is 0.222 e. The molecule has 4 nitrogen and oxygen atoms in total. The molecule has 1 aromatic rings. The van der Waals surface area contributed by atoms with Gasteiger partial charge in [0.2, 0.25) is 5.91 Å². The van der Waals surface area contributed by atoms with E-state index in [1.807, 2.05) is 13.8 Å². The van der Waals surface area contributed by atoms with Gasteiger partial charge in [-0.3, -0.25) is 4.79 Å². The Bertz CT molecular complexity index is 408. The molecule has 1 aromatic carbocycles. The second kappa shape index (κ2) is 6.96. The van der Waals surface area contributed by atoms with Gasteiger partial charge < -0.3 is 15.7 Å². The number of hydrogen-bond acceptors (Lipinski definition) is 3. The molecule has 0 aliphatic carbocycles. The summed E-state index contributed by atoms with van der Waals surface area (Å²) >= 11 is 0. The van der Waals surface area contributed by atoms with E-state index in [9.17, 15) is 9.18 Å². The Hall–Kier alpha value is -1.62. The molecule has 0 spiro atoms. The van der Waals surface area contributed by atoms with Gasteiger partial charge in [-0.15, -0.1) is 0 Å². The molecule has 0 bridgehead atoms. The monoisotopic (exact) mass is 254 g/mol. The Morgan fingerprint density at radius 1 is 1.39 bits per heavy atom. The molecule has 0 heterocycles. The molecule has 1 amide bonds. The summed E-state index contributed by atoms with van der Waals surface area (Å²) in [6, 6.07) is 4.26. The van der Waals surface area contributed by atoms with Crippen LogP contribution in [0.25, 0.3) is 0 Å². The van der Waals surface area contributed by atoms with Gasteiger partial charge in [0.1, 0.15) is 0 Å². The van der Waals surface area contributed by atoms with E-state index in [-0.39, 0.29) is 17.6 Å². The number of halogens is 1. The Morgan fingerprint density at radius 2 is 2.11 bits per heavy atom. The van der Waals surface area contributed by atoms with E-state index in [0.29, 0.717) is 19.6 Å². The second-order valence-electron chi connectivity index (χ2n) is 4.41. The van der Waals surface area contributed by atoms with Crippen LogP contribution < -0.4 is 10.6 Å². The van der Waals surface area contributed by atoms with Crippen molar-refractivity contribution < 1.29 is 14.3 Å². The van der Waals surface area contributed by atoms with Crippen LogP contribution in [0, 0.1) is 11.7 Å². The molecule has 0 fully saturated rings. The summed E-state index contributed by atoms with van der Waals surface area (Å²) in [6.45, 7) is 5.32. The molecule has 0 saturated carbocycles. The van der Waals surface area contributed by atoms with Crippen molar-refractivity contribution in [3.8, 4) is 5.75 Å². The van der Waals surface area contributed by atoms with Gasteiger partial charge in [-0.1, -0.05) is 19.9 Å². The number of phenols is 1. The van der Waals surface area contributed by atoms with Gasteiger partial charge in [0.05, 0.1) is 0 Å². The topological polar surface area (TPSA) is 61.4 Å². The number of aromatic hydroxyl groups is 1. The van der Waals surface area contributed by atoms with E-state index in [1.54, 1.807) is 6.07 Å². The van der Waals surface area contributed by atoms with Crippen LogP contribution in [0.4, 0.5) is 4.39 Å². The highest BCUT2D eigenvalue weighted by Crippen LogP contribution is 2.15. The predicted octanol–water partition coefficient (Wildman–Crippen LogP) is 1.39. The van der Waals surface area contributed by atoms with Crippen molar-refractivity contribution in [1.82, 2.24) is 10.6 Å². The lowest BCUT2D eigenvalue weighted by Gasteiger charge is -2.09. The Kier molecular flexibility index (Phi) is 5.58. The normalized spacial score (nSPS) is 10.7. The first kappa shape index (κ1) is 14.4. The van der Waals surface area contributed by atoms with Crippen molar-refractivity contribution in [2.45, 2.75) is 20.4 Å². The molecule has 0 aliphatic heterocycles. The van der Waals surface area contributed by atoms with Crippen LogP contribution in [0.1, 0.15) is 19.4 Å². The average molecular weight is 254 g/mol. The van der Waals surface area contributed by atoms with E-state index < -0.39 is 5.82 Å². The maximum absolute atomic E-state index is 13.0. The first-order valence-electron chi connectivity index (χ1n) is 5.96. The van der Waals surface area contributed by atoms with Gasteiger partial charge in [0, 0.05) is 25.6 Å². The van der Waals surface area contributed by atoms with Crippen LogP contribution in [0.5, 0.6) is 5.75 Å². The lowest BCUT2D eigenvalue weighted by molar-refractivity contribution is -0.123. The molecule has 0 radical (unpaired) electrons. The number of hydrogen-bond donors (Lipinski definition) is 3. The first-order chi connectivity index (χ1) is 8.50. The minimum absolute atomic E-state index is 0.0174. The highest BCUT2D eigenvalue weighted by atomic mass is 19.1. The molecule has 0 unspecified atom stereocenters. The summed E-state index contributed by atoms with van der Waals surface area (Å²) in [7, 11) is 0. The Morgan fingerprint density at radius 3 is 2.72 bits per heavy atom. The maximum atomic E-state index is 13.0. The van der Waals surface area contributed by atoms with Gasteiger partial charge in [-0.25, -0.2) is 4.39 Å². The molecular weight excluding hydrogens is 235 g/mol. The van der Waals surface area contributed by atoms with E-state index in [1.165, 1.54) is 12.1 Å². The fourth-order valence-corrected chi connectivity index (χ4v) is 1.37. The average Bonchev–Trinajstić information content (AvgIpc) is 2.32. The van der Waals surface area contributed by atoms with Crippen molar-refractivity contribution in [3.05, 3.63) is 29.6 Å². The third-order valence-electron chi connectivity index (χ3n) is 2.47. The fraction of sp³-hybridized carbons (Fsp3) is 0.462. The first-order valence-corrected chi connectivity index (χ1v) is 5.96. The summed E-state index contributed by atoms with van der Waals surface area (Å²) in [5.74, 6) is -0.964. The number of rotatable bonds is 6. The summed E-state index contributed by atoms with van der Waals surface area (Å²) in [6.07, 6.45) is 0. The second-order valence-corrected chi connectivity index (χ2v) is 4.41. The lowest BCUT2D eigenvalue weighted by Crippen LogP contribution is -2.34. The largest absolute Gasteiger partial charge is 0.505 e. The number of nitrogens with one attached hydrogen (secondary N) is 2. The van der Waals surface area contributed by atoms with Gasteiger partial charge in [-0.2, -0.15) is 0 Å². The molecule has 0 aromatic heterocycles. The minimum atomic E-state index is -0.623. The zero-order valence-corrected chi connectivity index (χ0v) is 10.7. The lowest BCUT2D eigenvalue weighted by atomic mass is 10.2. The summed E-state index contributed by atoms with van der Waals surface area (Å²) < 4.78 is 13.0. The zero-order valence-electron chi connectivity index (χ0n) is 10.7. The van der Waals surface area contributed by atoms with Crippen molar-refractivity contribution in [1.29, 1.82) is 0 Å². The summed E-state index contributed by atoms with van der Waals surface area (Å²) in [4.78, 5) is 11.2. The van der Waals surface area contributed by atoms with Gasteiger partial charge in [0.25, 0.3) is 0 Å². The van der Waals surface area contributed by atoms with E-state index >= 15 is 0 Å². The third-order valence-corrected chi connectivity index (χ3v) is 2.47. The molecule has 3 N–H and O–H groups in total. The summed E-state index contributed by atoms with van der Waals surface area (Å²) in [5.41, 5.74) is 0.750. The van der Waals surface area contributed by atoms with Gasteiger partial charge in [-0.05, 0) is 17.7 Å². The van der Waals surface area contributed by atoms with Crippen molar-refractivity contribution >= 4 is 5.91 Å². The molecule has 100 valence electrons. The van der Waals surface area contributed by atoms with Crippen LogP contribution in [-0.4, -0.2) is 24.1 Å². The van der Waals surface area contributed by atoms with Crippen molar-refractivity contribution in [2.24, 2.45) is 5.92 Å². The van der Waals surface area contributed by atoms with Gasteiger partial charge in [0.15, 0.2) is 11.6 Å². The third kappa shape index (κ3) is 4.71. The SMILES string of the molecule is CC(C)C(=O)NCCNCc1ccc(O)c(F)c1. The molecule has 0 aliphatic rings. The fourth-order valence-electron chi connectivity index (χ4n) is 1.37. The molecule has 0 atom stereocenters. The Balaban J connectivity index is 2.22. The number of phenolic OH excluding ortho intramolecular Hbond substituents is 1. The number of carbonyl (C=O) groups excluding carboxylic acids is 1. The van der Waals surface area contributed by atoms with Crippen LogP contribution in [-0.2, 0) is 11.3 Å². The number of amides is 1. The van der Waals surface area contributed by atoms with E-state index in [0.717, 1.165) is 5.56 Å².